The van der Waals surface area contributed by atoms with Gasteiger partial charge >= 0.3 is 17.9 Å². The first kappa shape index (κ1) is 37.8. The van der Waals surface area contributed by atoms with Crippen molar-refractivity contribution in [2.75, 3.05) is 39.6 Å². The Kier molecular flexibility index (Phi) is 27.6. The number of rotatable bonds is 10. The number of carbonyl (C=O) groups is 3. The van der Waals surface area contributed by atoms with Crippen LogP contribution in [-0.2, 0) is 28.6 Å². The summed E-state index contributed by atoms with van der Waals surface area (Å²) in [6, 6.07) is 0. The number of hydrogen-bond acceptors (Lipinski definition) is 10. The van der Waals surface area contributed by atoms with Gasteiger partial charge in [-0.25, -0.2) is 14.4 Å². The molecule has 0 aromatic carbocycles. The Morgan fingerprint density at radius 1 is 0.758 bits per heavy atom. The summed E-state index contributed by atoms with van der Waals surface area (Å²) in [6.45, 7) is 18.5. The summed E-state index contributed by atoms with van der Waals surface area (Å²) < 4.78 is 13.6. The molecule has 0 fully saturated rings. The Hall–Kier alpha value is -2.53. The van der Waals surface area contributed by atoms with E-state index in [1.807, 2.05) is 27.7 Å². The van der Waals surface area contributed by atoms with Gasteiger partial charge in [0.2, 0.25) is 0 Å². The van der Waals surface area contributed by atoms with Crippen molar-refractivity contribution >= 4 is 17.9 Å². The van der Waals surface area contributed by atoms with Crippen molar-refractivity contribution < 1.29 is 49.0 Å². The molecule has 0 amide bonds. The lowest BCUT2D eigenvalue weighted by Crippen LogP contribution is -2.32. The molecule has 0 heterocycles. The summed E-state index contributed by atoms with van der Waals surface area (Å²) in [5.41, 5.74) is -1.06. The molecular formula is C23H42O10. The minimum absolute atomic E-state index is 0.0465. The molecule has 0 aliphatic heterocycles. The molecular weight excluding hydrogens is 436 g/mol. The average Bonchev–Trinajstić information content (AvgIpc) is 2.79. The molecule has 0 saturated carbocycles. The standard InChI is InChI=1S/C7H12O2.C6H14O3.C5H8O3.C5H8O2/c1-5-6(8)9-7(2,3)4;1-2-6(3-7,4-8)5-9;1-2-5(7)8-4-3-6;1-3-5(6)7-4-2/h5H,1H2,2-4H3;7-9H,2-5H2,1H3;2,6H,1,3-4H2;3H,1,4H2,2H3. The highest BCUT2D eigenvalue weighted by Gasteiger charge is 2.24. The van der Waals surface area contributed by atoms with Crippen molar-refractivity contribution in [3.05, 3.63) is 38.0 Å². The van der Waals surface area contributed by atoms with Crippen LogP contribution in [0.25, 0.3) is 0 Å². The van der Waals surface area contributed by atoms with Crippen molar-refractivity contribution in [3.63, 3.8) is 0 Å². The lowest BCUT2D eigenvalue weighted by atomic mass is 9.88. The maximum Gasteiger partial charge on any atom is 0.330 e. The lowest BCUT2D eigenvalue weighted by molar-refractivity contribution is -0.148. The fourth-order valence-electron chi connectivity index (χ4n) is 1.24. The molecule has 4 N–H and O–H groups in total. The first-order chi connectivity index (χ1) is 15.3. The van der Waals surface area contributed by atoms with E-state index in [1.165, 1.54) is 0 Å². The van der Waals surface area contributed by atoms with Crippen LogP contribution in [0.2, 0.25) is 0 Å². The Morgan fingerprint density at radius 3 is 1.30 bits per heavy atom. The van der Waals surface area contributed by atoms with Crippen LogP contribution in [0.3, 0.4) is 0 Å². The van der Waals surface area contributed by atoms with E-state index in [-0.39, 0.29) is 45.0 Å². The molecule has 10 nitrogen and oxygen atoms in total. The Morgan fingerprint density at radius 2 is 1.15 bits per heavy atom. The highest BCUT2D eigenvalue weighted by atomic mass is 16.6. The van der Waals surface area contributed by atoms with Crippen LogP contribution < -0.4 is 0 Å². The number of aliphatic hydroxyl groups is 4. The van der Waals surface area contributed by atoms with E-state index >= 15 is 0 Å². The summed E-state index contributed by atoms with van der Waals surface area (Å²) in [7, 11) is 0. The molecule has 0 saturated heterocycles. The molecule has 0 rings (SSSR count). The first-order valence-corrected chi connectivity index (χ1v) is 10.2. The van der Waals surface area contributed by atoms with Crippen molar-refractivity contribution in [1.82, 2.24) is 0 Å². The largest absolute Gasteiger partial charge is 0.463 e. The van der Waals surface area contributed by atoms with Gasteiger partial charge in [-0.1, -0.05) is 26.7 Å². The summed E-state index contributed by atoms with van der Waals surface area (Å²) >= 11 is 0. The second kappa shape index (κ2) is 24.1. The summed E-state index contributed by atoms with van der Waals surface area (Å²) in [6.07, 6.45) is 3.95. The summed E-state index contributed by atoms with van der Waals surface area (Å²) in [5, 5.41) is 34.1. The van der Waals surface area contributed by atoms with Crippen molar-refractivity contribution in [1.29, 1.82) is 0 Å². The van der Waals surface area contributed by atoms with Crippen LogP contribution in [-0.4, -0.2) is 83.6 Å². The molecule has 0 unspecified atom stereocenters. The van der Waals surface area contributed by atoms with Gasteiger partial charge in [0.25, 0.3) is 0 Å². The third kappa shape index (κ3) is 29.5. The number of hydrogen-bond donors (Lipinski definition) is 4. The van der Waals surface area contributed by atoms with Crippen molar-refractivity contribution in [3.8, 4) is 0 Å². The topological polar surface area (TPSA) is 160 Å². The van der Waals surface area contributed by atoms with E-state index < -0.39 is 17.0 Å². The minimum atomic E-state index is -0.667. The number of aliphatic hydroxyl groups excluding tert-OH is 4. The van der Waals surface area contributed by atoms with E-state index in [2.05, 4.69) is 29.2 Å². The average molecular weight is 479 g/mol. The molecule has 0 aromatic heterocycles. The minimum Gasteiger partial charge on any atom is -0.463 e. The van der Waals surface area contributed by atoms with Crippen LogP contribution in [0, 0.1) is 5.41 Å². The highest BCUT2D eigenvalue weighted by molar-refractivity contribution is 5.81. The third-order valence-corrected chi connectivity index (χ3v) is 3.29. The molecule has 10 heteroatoms. The second-order valence-electron chi connectivity index (χ2n) is 7.12. The predicted octanol–water partition coefficient (Wildman–Crippen LogP) is 1.32. The fourth-order valence-corrected chi connectivity index (χ4v) is 1.24. The second-order valence-corrected chi connectivity index (χ2v) is 7.12. The van der Waals surface area contributed by atoms with Gasteiger partial charge in [0, 0.05) is 23.6 Å². The normalized spacial score (nSPS) is 9.73. The summed E-state index contributed by atoms with van der Waals surface area (Å²) in [5.74, 6) is -1.23. The smallest absolute Gasteiger partial charge is 0.330 e. The van der Waals surface area contributed by atoms with Gasteiger partial charge < -0.3 is 34.6 Å². The van der Waals surface area contributed by atoms with E-state index in [0.29, 0.717) is 13.0 Å². The monoisotopic (exact) mass is 478 g/mol. The van der Waals surface area contributed by atoms with Gasteiger partial charge in [0.1, 0.15) is 12.2 Å². The molecule has 33 heavy (non-hydrogen) atoms. The molecule has 0 atom stereocenters. The lowest BCUT2D eigenvalue weighted by Gasteiger charge is -2.24. The predicted molar refractivity (Wildman–Crippen MR) is 125 cm³/mol. The Bertz CT molecular complexity index is 528. The van der Waals surface area contributed by atoms with Crippen LogP contribution in [0.1, 0.15) is 41.0 Å². The van der Waals surface area contributed by atoms with Gasteiger partial charge in [0.05, 0.1) is 33.0 Å². The van der Waals surface area contributed by atoms with Gasteiger partial charge in [0.15, 0.2) is 0 Å². The van der Waals surface area contributed by atoms with E-state index in [1.54, 1.807) is 6.92 Å². The molecule has 0 spiro atoms. The zero-order valence-electron chi connectivity index (χ0n) is 20.5. The van der Waals surface area contributed by atoms with E-state index in [9.17, 15) is 14.4 Å². The van der Waals surface area contributed by atoms with Gasteiger partial charge in [-0.3, -0.25) is 0 Å². The number of carbonyl (C=O) groups excluding carboxylic acids is 3. The summed E-state index contributed by atoms with van der Waals surface area (Å²) in [4.78, 5) is 30.7. The number of ether oxygens (including phenoxy) is 3. The quantitative estimate of drug-likeness (QED) is 0.205. The SMILES string of the molecule is C=CC(=O)OC(C)(C)C.C=CC(=O)OCC.C=CC(=O)OCCO.CCC(CO)(CO)CO. The van der Waals surface area contributed by atoms with Crippen LogP contribution in [0.15, 0.2) is 38.0 Å². The fraction of sp³-hybridized carbons (Fsp3) is 0.609. The Balaban J connectivity index is -0.000000171. The molecule has 0 aliphatic rings. The zero-order chi connectivity index (χ0) is 26.9. The highest BCUT2D eigenvalue weighted by Crippen LogP contribution is 2.18. The molecule has 0 aromatic rings. The molecule has 0 aliphatic carbocycles. The zero-order valence-corrected chi connectivity index (χ0v) is 20.5. The number of esters is 3. The molecule has 0 radical (unpaired) electrons. The molecule has 194 valence electrons. The van der Waals surface area contributed by atoms with Gasteiger partial charge in [-0.2, -0.15) is 0 Å². The maximum atomic E-state index is 10.5. The van der Waals surface area contributed by atoms with E-state index in [0.717, 1.165) is 18.2 Å². The van der Waals surface area contributed by atoms with Crippen LogP contribution in [0.4, 0.5) is 0 Å². The third-order valence-electron chi connectivity index (χ3n) is 3.29. The van der Waals surface area contributed by atoms with Crippen LogP contribution in [0.5, 0.6) is 0 Å². The van der Waals surface area contributed by atoms with Crippen molar-refractivity contribution in [2.24, 2.45) is 5.41 Å². The van der Waals surface area contributed by atoms with E-state index in [4.69, 9.17) is 25.2 Å². The Labute approximate surface area is 197 Å². The van der Waals surface area contributed by atoms with Gasteiger partial charge in [-0.05, 0) is 34.1 Å². The maximum absolute atomic E-state index is 10.5. The van der Waals surface area contributed by atoms with Crippen molar-refractivity contribution in [2.45, 2.75) is 46.6 Å². The van der Waals surface area contributed by atoms with Crippen LogP contribution >= 0.6 is 0 Å². The first-order valence-electron chi connectivity index (χ1n) is 10.2. The molecule has 0 bridgehead atoms. The van der Waals surface area contributed by atoms with Gasteiger partial charge in [-0.15, -0.1) is 0 Å².